The third kappa shape index (κ3) is 3.08. The predicted molar refractivity (Wildman–Crippen MR) is 72.9 cm³/mol. The highest BCUT2D eigenvalue weighted by Gasteiger charge is 2.08. The number of carbonyl (C=O) groups is 2. The Balaban J connectivity index is 2.20. The normalized spacial score (nSPS) is 10.1. The molecule has 0 amide bonds. The number of ketones is 1. The van der Waals surface area contributed by atoms with Crippen molar-refractivity contribution in [2.24, 2.45) is 0 Å². The predicted octanol–water partition coefficient (Wildman–Crippen LogP) is 3.56. The Morgan fingerprint density at radius 2 is 1.39 bits per heavy atom. The number of rotatable bonds is 3. The molecule has 3 heteroatoms. The molecule has 0 saturated heterocycles. The van der Waals surface area contributed by atoms with E-state index >= 15 is 0 Å². The van der Waals surface area contributed by atoms with Crippen molar-refractivity contribution >= 4 is 22.7 Å². The van der Waals surface area contributed by atoms with Crippen molar-refractivity contribution in [1.82, 2.24) is 0 Å². The molecule has 0 unspecified atom stereocenters. The van der Waals surface area contributed by atoms with E-state index in [1.807, 2.05) is 18.2 Å². The summed E-state index contributed by atoms with van der Waals surface area (Å²) in [7, 11) is 0. The Morgan fingerprint density at radius 3 is 1.94 bits per heavy atom. The molecule has 2 rings (SSSR count). The third-order valence-corrected chi connectivity index (χ3v) is 3.21. The van der Waals surface area contributed by atoms with Crippen molar-refractivity contribution in [3.05, 3.63) is 65.7 Å². The van der Waals surface area contributed by atoms with Crippen molar-refractivity contribution < 1.29 is 9.59 Å². The highest BCUT2D eigenvalue weighted by Crippen LogP contribution is 2.20. The van der Waals surface area contributed by atoms with Crippen LogP contribution < -0.4 is 0 Å². The largest absolute Gasteiger partial charge is 0.289 e. The van der Waals surface area contributed by atoms with E-state index in [0.717, 1.165) is 16.7 Å². The van der Waals surface area contributed by atoms with Gasteiger partial charge in [0.1, 0.15) is 0 Å². The second-order valence-electron chi connectivity index (χ2n) is 3.81. The van der Waals surface area contributed by atoms with Crippen LogP contribution in [0.25, 0.3) is 0 Å². The molecule has 0 heterocycles. The molecule has 0 fully saturated rings. The molecule has 0 N–H and O–H groups in total. The summed E-state index contributed by atoms with van der Waals surface area (Å²) in [6.07, 6.45) is 0. The SMILES string of the molecule is CC(=O)Sc1ccc(C(=O)c2ccccc2)cc1. The molecular formula is C15H12O2S. The third-order valence-electron chi connectivity index (χ3n) is 2.41. The molecule has 0 saturated carbocycles. The van der Waals surface area contributed by atoms with Crippen molar-refractivity contribution in [3.63, 3.8) is 0 Å². The minimum Gasteiger partial charge on any atom is -0.289 e. The summed E-state index contributed by atoms with van der Waals surface area (Å²) in [5, 5.41) is 0.0390. The second kappa shape index (κ2) is 5.65. The van der Waals surface area contributed by atoms with E-state index in [1.54, 1.807) is 36.4 Å². The van der Waals surface area contributed by atoms with Crippen LogP contribution in [0.5, 0.6) is 0 Å². The molecule has 0 bridgehead atoms. The summed E-state index contributed by atoms with van der Waals surface area (Å²) in [4.78, 5) is 23.9. The first-order valence-corrected chi connectivity index (χ1v) is 6.37. The molecule has 0 radical (unpaired) electrons. The Bertz CT molecular complexity index is 559. The fraction of sp³-hybridized carbons (Fsp3) is 0.0667. The quantitative estimate of drug-likeness (QED) is 0.622. The van der Waals surface area contributed by atoms with Gasteiger partial charge in [0.2, 0.25) is 0 Å². The lowest BCUT2D eigenvalue weighted by Crippen LogP contribution is -2.00. The Labute approximate surface area is 110 Å². The van der Waals surface area contributed by atoms with Gasteiger partial charge in [-0.2, -0.15) is 0 Å². The van der Waals surface area contributed by atoms with Gasteiger partial charge in [-0.3, -0.25) is 9.59 Å². The van der Waals surface area contributed by atoms with E-state index in [1.165, 1.54) is 6.92 Å². The fourth-order valence-electron chi connectivity index (χ4n) is 1.60. The van der Waals surface area contributed by atoms with Gasteiger partial charge in [-0.1, -0.05) is 42.1 Å². The Kier molecular flexibility index (Phi) is 3.95. The Hall–Kier alpha value is -1.87. The smallest absolute Gasteiger partial charge is 0.193 e. The van der Waals surface area contributed by atoms with E-state index in [9.17, 15) is 9.59 Å². The molecule has 0 aliphatic heterocycles. The van der Waals surface area contributed by atoms with Crippen LogP contribution in [0, 0.1) is 0 Å². The van der Waals surface area contributed by atoms with Gasteiger partial charge >= 0.3 is 0 Å². The zero-order valence-electron chi connectivity index (χ0n) is 9.92. The van der Waals surface area contributed by atoms with Crippen molar-refractivity contribution in [2.45, 2.75) is 11.8 Å². The van der Waals surface area contributed by atoms with Crippen LogP contribution in [0.2, 0.25) is 0 Å². The summed E-state index contributed by atoms with van der Waals surface area (Å²) in [5.74, 6) is -0.00465. The monoisotopic (exact) mass is 256 g/mol. The number of carbonyl (C=O) groups excluding carboxylic acids is 2. The highest BCUT2D eigenvalue weighted by molar-refractivity contribution is 8.13. The summed E-state index contributed by atoms with van der Waals surface area (Å²) < 4.78 is 0. The maximum absolute atomic E-state index is 12.1. The van der Waals surface area contributed by atoms with Crippen molar-refractivity contribution in [1.29, 1.82) is 0 Å². The lowest BCUT2D eigenvalue weighted by atomic mass is 10.0. The highest BCUT2D eigenvalue weighted by atomic mass is 32.2. The molecule has 0 aliphatic rings. The summed E-state index contributed by atoms with van der Waals surface area (Å²) >= 11 is 1.16. The van der Waals surface area contributed by atoms with Crippen LogP contribution in [-0.4, -0.2) is 10.9 Å². The van der Waals surface area contributed by atoms with Crippen molar-refractivity contribution in [2.75, 3.05) is 0 Å². The fourth-order valence-corrected chi connectivity index (χ4v) is 2.20. The average Bonchev–Trinajstić information content (AvgIpc) is 2.39. The van der Waals surface area contributed by atoms with Crippen LogP contribution in [0.1, 0.15) is 22.8 Å². The van der Waals surface area contributed by atoms with Gasteiger partial charge in [-0.05, 0) is 24.3 Å². The molecule has 2 nitrogen and oxygen atoms in total. The maximum Gasteiger partial charge on any atom is 0.193 e. The van der Waals surface area contributed by atoms with E-state index in [4.69, 9.17) is 0 Å². The number of hydrogen-bond donors (Lipinski definition) is 0. The van der Waals surface area contributed by atoms with Gasteiger partial charge in [-0.15, -0.1) is 0 Å². The summed E-state index contributed by atoms with van der Waals surface area (Å²) in [5.41, 5.74) is 1.30. The van der Waals surface area contributed by atoms with Gasteiger partial charge < -0.3 is 0 Å². The average molecular weight is 256 g/mol. The standard InChI is InChI=1S/C15H12O2S/c1-11(16)18-14-9-7-13(8-10-14)15(17)12-5-3-2-4-6-12/h2-10H,1H3. The van der Waals surface area contributed by atoms with E-state index < -0.39 is 0 Å². The van der Waals surface area contributed by atoms with E-state index in [-0.39, 0.29) is 10.9 Å². The molecule has 0 aliphatic carbocycles. The molecular weight excluding hydrogens is 244 g/mol. The van der Waals surface area contributed by atoms with Crippen molar-refractivity contribution in [3.8, 4) is 0 Å². The second-order valence-corrected chi connectivity index (χ2v) is 5.06. The molecule has 0 atom stereocenters. The van der Waals surface area contributed by atoms with Gasteiger partial charge in [0.15, 0.2) is 10.9 Å². The van der Waals surface area contributed by atoms with Crippen LogP contribution in [0.15, 0.2) is 59.5 Å². The first-order chi connectivity index (χ1) is 8.66. The first-order valence-electron chi connectivity index (χ1n) is 5.55. The molecule has 0 aromatic heterocycles. The zero-order chi connectivity index (χ0) is 13.0. The van der Waals surface area contributed by atoms with Gasteiger partial charge in [0.25, 0.3) is 0 Å². The lowest BCUT2D eigenvalue weighted by molar-refractivity contribution is -0.109. The molecule has 90 valence electrons. The number of thioether (sulfide) groups is 1. The molecule has 18 heavy (non-hydrogen) atoms. The molecule has 2 aromatic rings. The van der Waals surface area contributed by atoms with Crippen LogP contribution >= 0.6 is 11.8 Å². The summed E-state index contributed by atoms with van der Waals surface area (Å²) in [6.45, 7) is 1.52. The number of benzene rings is 2. The van der Waals surface area contributed by atoms with Crippen LogP contribution in [0.4, 0.5) is 0 Å². The minimum atomic E-state index is -0.00465. The first kappa shape index (κ1) is 12.6. The number of hydrogen-bond acceptors (Lipinski definition) is 3. The summed E-state index contributed by atoms with van der Waals surface area (Å²) in [6, 6.07) is 16.2. The van der Waals surface area contributed by atoms with Crippen LogP contribution in [0.3, 0.4) is 0 Å². The lowest BCUT2D eigenvalue weighted by Gasteiger charge is -2.02. The van der Waals surface area contributed by atoms with E-state index in [0.29, 0.717) is 11.1 Å². The van der Waals surface area contributed by atoms with Crippen LogP contribution in [-0.2, 0) is 4.79 Å². The minimum absolute atomic E-state index is 0.00465. The topological polar surface area (TPSA) is 34.1 Å². The van der Waals surface area contributed by atoms with Gasteiger partial charge in [0.05, 0.1) is 0 Å². The van der Waals surface area contributed by atoms with E-state index in [2.05, 4.69) is 0 Å². The molecule has 2 aromatic carbocycles. The Morgan fingerprint density at radius 1 is 0.833 bits per heavy atom. The maximum atomic E-state index is 12.1. The van der Waals surface area contributed by atoms with Gasteiger partial charge in [-0.25, -0.2) is 0 Å². The van der Waals surface area contributed by atoms with Gasteiger partial charge in [0, 0.05) is 22.9 Å². The zero-order valence-corrected chi connectivity index (χ0v) is 10.7. The molecule has 0 spiro atoms.